The minimum atomic E-state index is -0.324. The molecule has 12 heteroatoms. The summed E-state index contributed by atoms with van der Waals surface area (Å²) in [6, 6.07) is 27.1. The molecule has 10 nitrogen and oxygen atoms in total. The van der Waals surface area contributed by atoms with Crippen LogP contribution in [0, 0.1) is 0 Å². The molecule has 5 aromatic rings. The zero-order chi connectivity index (χ0) is 40.5. The van der Waals surface area contributed by atoms with Crippen LogP contribution in [-0.4, -0.2) is 70.2 Å². The lowest BCUT2D eigenvalue weighted by Gasteiger charge is -2.33. The summed E-state index contributed by atoms with van der Waals surface area (Å²) >= 11 is 12.7. The van der Waals surface area contributed by atoms with E-state index in [1.54, 1.807) is 19.3 Å². The topological polar surface area (TPSA) is 114 Å². The second kappa shape index (κ2) is 19.0. The number of anilines is 2. The zero-order valence-electron chi connectivity index (χ0n) is 32.6. The molecule has 0 radical (unpaired) electrons. The van der Waals surface area contributed by atoms with Gasteiger partial charge in [0, 0.05) is 71.9 Å². The van der Waals surface area contributed by atoms with Crippen LogP contribution in [0.25, 0.3) is 22.2 Å². The van der Waals surface area contributed by atoms with Gasteiger partial charge in [-0.15, -0.1) is 0 Å². The largest absolute Gasteiger partial charge is 0.356 e. The van der Waals surface area contributed by atoms with Crippen molar-refractivity contribution in [2.45, 2.75) is 58.5 Å². The van der Waals surface area contributed by atoms with E-state index in [0.29, 0.717) is 40.3 Å². The number of aromatic amines is 1. The second-order valence-corrected chi connectivity index (χ2v) is 15.2. The number of hydrogen-bond acceptors (Lipinski definition) is 6. The van der Waals surface area contributed by atoms with Crippen LogP contribution in [0.5, 0.6) is 0 Å². The molecular formula is C45H49Cl2N7O3. The molecule has 0 bridgehead atoms. The molecule has 0 spiro atoms. The first kappa shape index (κ1) is 41.1. The van der Waals surface area contributed by atoms with Crippen molar-refractivity contribution < 1.29 is 14.4 Å². The number of nitrogens with one attached hydrogen (secondary N) is 3. The van der Waals surface area contributed by atoms with Crippen LogP contribution in [0.3, 0.4) is 0 Å². The van der Waals surface area contributed by atoms with Gasteiger partial charge in [-0.2, -0.15) is 0 Å². The van der Waals surface area contributed by atoms with E-state index in [9.17, 15) is 14.4 Å². The number of carbonyl (C=O) groups excluding carboxylic acids is 3. The molecule has 57 heavy (non-hydrogen) atoms. The fourth-order valence-corrected chi connectivity index (χ4v) is 7.88. The number of hydrogen-bond donors (Lipinski definition) is 3. The summed E-state index contributed by atoms with van der Waals surface area (Å²) in [6.45, 7) is 13.4. The summed E-state index contributed by atoms with van der Waals surface area (Å²) in [5, 5.41) is 8.10. The van der Waals surface area contributed by atoms with Crippen molar-refractivity contribution in [2.24, 2.45) is 0 Å². The van der Waals surface area contributed by atoms with Crippen LogP contribution < -0.4 is 15.5 Å². The Balaban J connectivity index is 0.000000612. The molecule has 2 aliphatic rings. The molecular weight excluding hydrogens is 757 g/mol. The van der Waals surface area contributed by atoms with E-state index in [4.69, 9.17) is 23.2 Å². The highest BCUT2D eigenvalue weighted by Gasteiger charge is 2.30. The number of rotatable bonds is 11. The van der Waals surface area contributed by atoms with Gasteiger partial charge in [-0.3, -0.25) is 14.4 Å². The standard InChI is InChI=1S/C39H38Cl2N6O2.C6H11NO/c1-4-47(26(3)28-12-14-29(40)15-13-28)37(25(2)27-9-6-5-7-10-27)35-32-17-16-30(41)23-34(32)44-36(35)39(49)45-33-11-8-20-42-38(33)46-21-18-31(19-22-46)43-24-48;1-6(8)7-4-2-3-5-7/h4-17,20,23-24,26,31,44H,1,18-19,21-22H2,2-3H3,(H,43,48)(H,45,49);2-5H2,1H3/b37-25+;. The maximum atomic E-state index is 14.6. The first-order chi connectivity index (χ1) is 27.6. The van der Waals surface area contributed by atoms with Crippen molar-refractivity contribution in [1.82, 2.24) is 25.1 Å². The average molecular weight is 807 g/mol. The molecule has 0 aliphatic carbocycles. The van der Waals surface area contributed by atoms with E-state index in [0.717, 1.165) is 71.2 Å². The Hall–Kier alpha value is -5.58. The van der Waals surface area contributed by atoms with Crippen molar-refractivity contribution in [1.29, 1.82) is 0 Å². The van der Waals surface area contributed by atoms with Crippen LogP contribution in [0.15, 0.2) is 104 Å². The molecule has 3 aromatic carbocycles. The summed E-state index contributed by atoms with van der Waals surface area (Å²) in [5.74, 6) is 0.583. The van der Waals surface area contributed by atoms with Crippen molar-refractivity contribution in [3.63, 3.8) is 0 Å². The van der Waals surface area contributed by atoms with Gasteiger partial charge in [-0.1, -0.05) is 78.3 Å². The van der Waals surface area contributed by atoms with Crippen molar-refractivity contribution in [3.05, 3.63) is 136 Å². The van der Waals surface area contributed by atoms with Gasteiger partial charge in [0.25, 0.3) is 5.91 Å². The summed E-state index contributed by atoms with van der Waals surface area (Å²) in [4.78, 5) is 50.3. The number of carbonyl (C=O) groups is 3. The summed E-state index contributed by atoms with van der Waals surface area (Å²) in [6.07, 6.45) is 8.24. The van der Waals surface area contributed by atoms with Crippen LogP contribution in [0.2, 0.25) is 10.0 Å². The number of piperidine rings is 1. The van der Waals surface area contributed by atoms with E-state index < -0.39 is 0 Å². The minimum absolute atomic E-state index is 0.123. The van der Waals surface area contributed by atoms with Gasteiger partial charge in [-0.25, -0.2) is 4.98 Å². The first-order valence-corrected chi connectivity index (χ1v) is 20.1. The van der Waals surface area contributed by atoms with Gasteiger partial charge < -0.3 is 30.3 Å². The number of allylic oxidation sites excluding steroid dienone is 1. The van der Waals surface area contributed by atoms with Crippen molar-refractivity contribution >= 4 is 75.1 Å². The quantitative estimate of drug-likeness (QED) is 0.115. The Bertz CT molecular complexity index is 2230. The number of amides is 3. The van der Waals surface area contributed by atoms with E-state index >= 15 is 0 Å². The fraction of sp³-hybridized carbons (Fsp3) is 0.289. The highest BCUT2D eigenvalue weighted by Crippen LogP contribution is 2.41. The molecule has 3 N–H and O–H groups in total. The molecule has 7 rings (SSSR count). The van der Waals surface area contributed by atoms with Crippen LogP contribution in [0.4, 0.5) is 11.5 Å². The SMILES string of the molecule is C=CN(/C(=C(\C)c1ccccc1)c1c(C(=O)Nc2cccnc2N2CCC(NC=O)CC2)[nH]c2cc(Cl)ccc12)C(C)c1ccc(Cl)cc1.CC(=O)N1CCCC1. The highest BCUT2D eigenvalue weighted by molar-refractivity contribution is 6.31. The number of pyridine rings is 1. The first-order valence-electron chi connectivity index (χ1n) is 19.3. The van der Waals surface area contributed by atoms with Crippen LogP contribution >= 0.6 is 23.2 Å². The number of nitrogens with zero attached hydrogens (tertiary/aromatic N) is 4. The molecule has 1 atom stereocenters. The third-order valence-corrected chi connectivity index (χ3v) is 11.2. The maximum absolute atomic E-state index is 14.6. The molecule has 296 valence electrons. The van der Waals surface area contributed by atoms with Gasteiger partial charge in [0.15, 0.2) is 5.82 Å². The van der Waals surface area contributed by atoms with Crippen molar-refractivity contribution in [3.8, 4) is 0 Å². The minimum Gasteiger partial charge on any atom is -0.356 e. The highest BCUT2D eigenvalue weighted by atomic mass is 35.5. The second-order valence-electron chi connectivity index (χ2n) is 14.3. The fourth-order valence-electron chi connectivity index (χ4n) is 7.58. The number of H-pyrrole nitrogens is 1. The van der Waals surface area contributed by atoms with Crippen LogP contribution in [-0.2, 0) is 9.59 Å². The van der Waals surface area contributed by atoms with E-state index in [1.807, 2.05) is 77.7 Å². The van der Waals surface area contributed by atoms with Crippen molar-refractivity contribution in [2.75, 3.05) is 36.4 Å². The summed E-state index contributed by atoms with van der Waals surface area (Å²) in [5.41, 5.74) is 6.23. The van der Waals surface area contributed by atoms with Gasteiger partial charge in [0.2, 0.25) is 12.3 Å². The molecule has 0 saturated carbocycles. The zero-order valence-corrected chi connectivity index (χ0v) is 34.1. The number of fused-ring (bicyclic) bond motifs is 1. The molecule has 1 unspecified atom stereocenters. The number of aromatic nitrogens is 2. The van der Waals surface area contributed by atoms with Crippen LogP contribution in [0.1, 0.15) is 79.7 Å². The number of benzene rings is 3. The Morgan fingerprint density at radius 3 is 2.25 bits per heavy atom. The molecule has 2 aromatic heterocycles. The predicted octanol–water partition coefficient (Wildman–Crippen LogP) is 9.56. The normalized spacial score (nSPS) is 15.2. The van der Waals surface area contributed by atoms with E-state index in [-0.39, 0.29) is 23.9 Å². The van der Waals surface area contributed by atoms with E-state index in [1.165, 1.54) is 12.8 Å². The third-order valence-electron chi connectivity index (χ3n) is 10.7. The summed E-state index contributed by atoms with van der Waals surface area (Å²) in [7, 11) is 0. The Labute approximate surface area is 344 Å². The molecule has 2 fully saturated rings. The lowest BCUT2D eigenvalue weighted by atomic mass is 9.95. The van der Waals surface area contributed by atoms with E-state index in [2.05, 4.69) is 63.0 Å². The molecule has 2 saturated heterocycles. The maximum Gasteiger partial charge on any atom is 0.272 e. The smallest absolute Gasteiger partial charge is 0.272 e. The lowest BCUT2D eigenvalue weighted by Crippen LogP contribution is -2.42. The monoisotopic (exact) mass is 805 g/mol. The van der Waals surface area contributed by atoms with Gasteiger partial charge in [0.1, 0.15) is 5.69 Å². The van der Waals surface area contributed by atoms with Gasteiger partial charge in [-0.05, 0) is 98.8 Å². The Morgan fingerprint density at radius 1 is 0.930 bits per heavy atom. The van der Waals surface area contributed by atoms with Gasteiger partial charge >= 0.3 is 0 Å². The number of halogens is 2. The third kappa shape index (κ3) is 9.70. The molecule has 4 heterocycles. The number of likely N-dealkylation sites (tertiary alicyclic amines) is 1. The molecule has 2 aliphatic heterocycles. The predicted molar refractivity (Wildman–Crippen MR) is 232 cm³/mol. The Morgan fingerprint density at radius 2 is 1.61 bits per heavy atom. The Kier molecular flexibility index (Phi) is 13.7. The lowest BCUT2D eigenvalue weighted by molar-refractivity contribution is -0.127. The van der Waals surface area contributed by atoms with Gasteiger partial charge in [0.05, 0.1) is 17.4 Å². The average Bonchev–Trinajstić information content (AvgIpc) is 3.90. The summed E-state index contributed by atoms with van der Waals surface area (Å²) < 4.78 is 0. The molecule has 3 amide bonds.